The van der Waals surface area contributed by atoms with Crippen molar-refractivity contribution in [2.24, 2.45) is 0 Å². The second-order valence-corrected chi connectivity index (χ2v) is 5.84. The molecule has 0 saturated carbocycles. The molecule has 0 fully saturated rings. The normalized spacial score (nSPS) is 11.1. The quantitative estimate of drug-likeness (QED) is 0.738. The van der Waals surface area contributed by atoms with Gasteiger partial charge in [0, 0.05) is 18.2 Å². The van der Waals surface area contributed by atoms with Crippen LogP contribution >= 0.6 is 0 Å². The SMILES string of the molecule is CCCOc1ccc(C=CC(=O)Nc2ccnn2C(C)C)cc1OC. The molecular weight excluding hydrogens is 318 g/mol. The molecule has 0 atom stereocenters. The Morgan fingerprint density at radius 1 is 1.32 bits per heavy atom. The summed E-state index contributed by atoms with van der Waals surface area (Å²) in [6, 6.07) is 7.52. The Hall–Kier alpha value is -2.76. The third-order valence-corrected chi connectivity index (χ3v) is 3.49. The molecule has 134 valence electrons. The zero-order valence-electron chi connectivity index (χ0n) is 15.2. The molecule has 2 rings (SSSR count). The highest BCUT2D eigenvalue weighted by atomic mass is 16.5. The number of carbonyl (C=O) groups excluding carboxylic acids is 1. The van der Waals surface area contributed by atoms with Crippen molar-refractivity contribution >= 4 is 17.8 Å². The summed E-state index contributed by atoms with van der Waals surface area (Å²) in [6.07, 6.45) is 5.81. The minimum atomic E-state index is -0.215. The zero-order valence-corrected chi connectivity index (χ0v) is 15.2. The molecule has 0 aliphatic carbocycles. The third-order valence-electron chi connectivity index (χ3n) is 3.49. The molecule has 0 radical (unpaired) electrons. The summed E-state index contributed by atoms with van der Waals surface area (Å²) >= 11 is 0. The fourth-order valence-electron chi connectivity index (χ4n) is 2.28. The van der Waals surface area contributed by atoms with Crippen LogP contribution in [0.4, 0.5) is 5.82 Å². The largest absolute Gasteiger partial charge is 0.493 e. The van der Waals surface area contributed by atoms with Gasteiger partial charge >= 0.3 is 0 Å². The first kappa shape index (κ1) is 18.6. The molecule has 0 bridgehead atoms. The predicted molar refractivity (Wildman–Crippen MR) is 99.1 cm³/mol. The number of methoxy groups -OCH3 is 1. The van der Waals surface area contributed by atoms with E-state index < -0.39 is 0 Å². The summed E-state index contributed by atoms with van der Waals surface area (Å²) < 4.78 is 12.7. The van der Waals surface area contributed by atoms with Crippen LogP contribution in [-0.4, -0.2) is 29.4 Å². The predicted octanol–water partition coefficient (Wildman–Crippen LogP) is 3.91. The molecule has 0 spiro atoms. The van der Waals surface area contributed by atoms with Gasteiger partial charge in [0.25, 0.3) is 0 Å². The van der Waals surface area contributed by atoms with E-state index in [1.807, 2.05) is 39.0 Å². The standard InChI is InChI=1S/C19H25N3O3/c1-5-12-25-16-8-6-15(13-17(16)24-4)7-9-19(23)21-18-10-11-20-22(18)14(2)3/h6-11,13-14H,5,12H2,1-4H3,(H,21,23). The molecular formula is C19H25N3O3. The highest BCUT2D eigenvalue weighted by Crippen LogP contribution is 2.28. The van der Waals surface area contributed by atoms with Crippen molar-refractivity contribution in [1.29, 1.82) is 0 Å². The number of carbonyl (C=O) groups is 1. The van der Waals surface area contributed by atoms with E-state index in [4.69, 9.17) is 9.47 Å². The van der Waals surface area contributed by atoms with Crippen LogP contribution in [0.3, 0.4) is 0 Å². The first-order valence-electron chi connectivity index (χ1n) is 8.38. The smallest absolute Gasteiger partial charge is 0.249 e. The Kier molecular flexibility index (Phi) is 6.62. The van der Waals surface area contributed by atoms with Crippen molar-refractivity contribution in [3.8, 4) is 11.5 Å². The highest BCUT2D eigenvalue weighted by molar-refractivity contribution is 6.01. The third kappa shape index (κ3) is 5.11. The van der Waals surface area contributed by atoms with Gasteiger partial charge in [-0.2, -0.15) is 5.10 Å². The van der Waals surface area contributed by atoms with Crippen LogP contribution in [-0.2, 0) is 4.79 Å². The topological polar surface area (TPSA) is 65.4 Å². The summed E-state index contributed by atoms with van der Waals surface area (Å²) in [5, 5.41) is 7.02. The lowest BCUT2D eigenvalue weighted by molar-refractivity contribution is -0.111. The summed E-state index contributed by atoms with van der Waals surface area (Å²) in [4.78, 5) is 12.1. The van der Waals surface area contributed by atoms with Crippen molar-refractivity contribution in [1.82, 2.24) is 9.78 Å². The van der Waals surface area contributed by atoms with Crippen LogP contribution in [0.1, 0.15) is 38.8 Å². The van der Waals surface area contributed by atoms with Gasteiger partial charge in [-0.3, -0.25) is 4.79 Å². The molecule has 0 unspecified atom stereocenters. The summed E-state index contributed by atoms with van der Waals surface area (Å²) in [6.45, 7) is 6.70. The maximum absolute atomic E-state index is 12.1. The van der Waals surface area contributed by atoms with Crippen LogP contribution in [0.25, 0.3) is 6.08 Å². The van der Waals surface area contributed by atoms with Gasteiger partial charge < -0.3 is 14.8 Å². The monoisotopic (exact) mass is 343 g/mol. The molecule has 0 aliphatic heterocycles. The number of anilines is 1. The number of aromatic nitrogens is 2. The number of hydrogen-bond acceptors (Lipinski definition) is 4. The molecule has 2 aromatic rings. The summed E-state index contributed by atoms with van der Waals surface area (Å²) in [5.74, 6) is 1.80. The Bertz CT molecular complexity index is 735. The van der Waals surface area contributed by atoms with Crippen LogP contribution in [0.5, 0.6) is 11.5 Å². The number of nitrogens with zero attached hydrogens (tertiary/aromatic N) is 2. The first-order chi connectivity index (χ1) is 12.0. The molecule has 0 saturated heterocycles. The van der Waals surface area contributed by atoms with E-state index in [0.29, 0.717) is 23.9 Å². The average molecular weight is 343 g/mol. The molecule has 1 aromatic heterocycles. The number of nitrogens with one attached hydrogen (secondary N) is 1. The lowest BCUT2D eigenvalue weighted by atomic mass is 10.2. The number of benzene rings is 1. The van der Waals surface area contributed by atoms with Gasteiger partial charge in [0.05, 0.1) is 19.9 Å². The molecule has 6 heteroatoms. The lowest BCUT2D eigenvalue weighted by Crippen LogP contribution is -2.14. The molecule has 1 amide bonds. The summed E-state index contributed by atoms with van der Waals surface area (Å²) in [5.41, 5.74) is 0.855. The van der Waals surface area contributed by atoms with E-state index >= 15 is 0 Å². The van der Waals surface area contributed by atoms with Gasteiger partial charge in [-0.05, 0) is 44.0 Å². The Labute approximate surface area is 148 Å². The van der Waals surface area contributed by atoms with Crippen molar-refractivity contribution in [3.63, 3.8) is 0 Å². The Morgan fingerprint density at radius 3 is 2.80 bits per heavy atom. The number of rotatable bonds is 8. The Morgan fingerprint density at radius 2 is 2.12 bits per heavy atom. The van der Waals surface area contributed by atoms with Crippen LogP contribution in [0.2, 0.25) is 0 Å². The van der Waals surface area contributed by atoms with Crippen molar-refractivity contribution < 1.29 is 14.3 Å². The van der Waals surface area contributed by atoms with Crippen molar-refractivity contribution in [2.45, 2.75) is 33.2 Å². The van der Waals surface area contributed by atoms with Gasteiger partial charge in [-0.25, -0.2) is 4.68 Å². The van der Waals surface area contributed by atoms with E-state index in [-0.39, 0.29) is 11.9 Å². The molecule has 1 aromatic carbocycles. The van der Waals surface area contributed by atoms with Crippen molar-refractivity contribution in [2.75, 3.05) is 19.0 Å². The van der Waals surface area contributed by atoms with Gasteiger partial charge in [-0.1, -0.05) is 13.0 Å². The number of hydrogen-bond donors (Lipinski definition) is 1. The van der Waals surface area contributed by atoms with Gasteiger partial charge in [0.15, 0.2) is 11.5 Å². The maximum Gasteiger partial charge on any atom is 0.249 e. The van der Waals surface area contributed by atoms with Crippen molar-refractivity contribution in [3.05, 3.63) is 42.1 Å². The fraction of sp³-hybridized carbons (Fsp3) is 0.368. The fourth-order valence-corrected chi connectivity index (χ4v) is 2.28. The molecule has 1 N–H and O–H groups in total. The molecule has 6 nitrogen and oxygen atoms in total. The molecule has 0 aliphatic rings. The zero-order chi connectivity index (χ0) is 18.2. The summed E-state index contributed by atoms with van der Waals surface area (Å²) in [7, 11) is 1.60. The van der Waals surface area contributed by atoms with E-state index in [1.54, 1.807) is 30.1 Å². The van der Waals surface area contributed by atoms with Gasteiger partial charge in [0.1, 0.15) is 5.82 Å². The first-order valence-corrected chi connectivity index (χ1v) is 8.38. The van der Waals surface area contributed by atoms with E-state index in [0.717, 1.165) is 12.0 Å². The van der Waals surface area contributed by atoms with Crippen LogP contribution < -0.4 is 14.8 Å². The number of amides is 1. The second-order valence-electron chi connectivity index (χ2n) is 5.84. The van der Waals surface area contributed by atoms with E-state index in [9.17, 15) is 4.79 Å². The van der Waals surface area contributed by atoms with Gasteiger partial charge in [-0.15, -0.1) is 0 Å². The van der Waals surface area contributed by atoms with Crippen LogP contribution in [0.15, 0.2) is 36.5 Å². The highest BCUT2D eigenvalue weighted by Gasteiger charge is 2.08. The second kappa shape index (κ2) is 8.92. The minimum Gasteiger partial charge on any atom is -0.493 e. The lowest BCUT2D eigenvalue weighted by Gasteiger charge is -2.11. The maximum atomic E-state index is 12.1. The number of ether oxygens (including phenoxy) is 2. The molecule has 1 heterocycles. The molecule has 25 heavy (non-hydrogen) atoms. The average Bonchev–Trinajstić information content (AvgIpc) is 3.06. The van der Waals surface area contributed by atoms with Crippen LogP contribution in [0, 0.1) is 0 Å². The van der Waals surface area contributed by atoms with E-state index in [1.165, 1.54) is 6.08 Å². The minimum absolute atomic E-state index is 0.175. The van der Waals surface area contributed by atoms with E-state index in [2.05, 4.69) is 10.4 Å². The van der Waals surface area contributed by atoms with Gasteiger partial charge in [0.2, 0.25) is 5.91 Å². The Balaban J connectivity index is 2.05.